The Labute approximate surface area is 110 Å². The highest BCUT2D eigenvalue weighted by Crippen LogP contribution is 2.22. The van der Waals surface area contributed by atoms with E-state index in [1.54, 1.807) is 0 Å². The normalized spacial score (nSPS) is 21.6. The van der Waals surface area contributed by atoms with Crippen LogP contribution in [0.25, 0.3) is 11.0 Å². The van der Waals surface area contributed by atoms with Crippen molar-refractivity contribution in [2.75, 3.05) is 26.7 Å². The van der Waals surface area contributed by atoms with E-state index in [-0.39, 0.29) is 17.8 Å². The summed E-state index contributed by atoms with van der Waals surface area (Å²) in [6.45, 7) is 2.45. The minimum absolute atomic E-state index is 0.0989. The summed E-state index contributed by atoms with van der Waals surface area (Å²) in [5, 5.41) is 6.62. The van der Waals surface area contributed by atoms with Gasteiger partial charge in [-0.3, -0.25) is 0 Å². The summed E-state index contributed by atoms with van der Waals surface area (Å²) in [6, 6.07) is 6.04. The van der Waals surface area contributed by atoms with Crippen LogP contribution in [0.4, 0.5) is 0 Å². The van der Waals surface area contributed by atoms with Crippen molar-refractivity contribution in [3.8, 4) is 0 Å². The van der Waals surface area contributed by atoms with Crippen molar-refractivity contribution in [2.45, 2.75) is 12.1 Å². The van der Waals surface area contributed by atoms with Gasteiger partial charge < -0.3 is 25.3 Å². The van der Waals surface area contributed by atoms with E-state index >= 15 is 0 Å². The minimum atomic E-state index is -0.177. The van der Waals surface area contributed by atoms with Crippen LogP contribution in [0.2, 0.25) is 0 Å². The largest absolute Gasteiger partial charge is 0.374 e. The molecule has 1 aromatic heterocycles. The molecule has 1 fully saturated rings. The number of likely N-dealkylation sites (N-methyl/N-ethyl adjacent to an activating group) is 1. The summed E-state index contributed by atoms with van der Waals surface area (Å²) < 4.78 is 5.80. The summed E-state index contributed by atoms with van der Waals surface area (Å²) in [5.41, 5.74) is 2.58. The number of hydrogen-bond donors (Lipinski definition) is 4. The molecular weight excluding hydrogens is 244 g/mol. The van der Waals surface area contributed by atoms with Crippen molar-refractivity contribution >= 4 is 11.0 Å². The first kappa shape index (κ1) is 12.4. The summed E-state index contributed by atoms with van der Waals surface area (Å²) in [4.78, 5) is 16.8. The zero-order valence-corrected chi connectivity index (χ0v) is 10.8. The second kappa shape index (κ2) is 5.16. The Morgan fingerprint density at radius 1 is 1.37 bits per heavy atom. The van der Waals surface area contributed by atoms with Gasteiger partial charge >= 0.3 is 5.69 Å². The third kappa shape index (κ3) is 2.42. The number of aromatic nitrogens is 2. The van der Waals surface area contributed by atoms with E-state index in [9.17, 15) is 4.79 Å². The molecular formula is C13H18N4O2. The van der Waals surface area contributed by atoms with Gasteiger partial charge in [0.1, 0.15) is 0 Å². The highest BCUT2D eigenvalue weighted by atomic mass is 16.5. The van der Waals surface area contributed by atoms with Crippen LogP contribution in [0.3, 0.4) is 0 Å². The zero-order chi connectivity index (χ0) is 13.2. The average Bonchev–Trinajstić information content (AvgIpc) is 2.80. The van der Waals surface area contributed by atoms with Gasteiger partial charge in [0.2, 0.25) is 0 Å². The molecule has 2 heterocycles. The van der Waals surface area contributed by atoms with Crippen molar-refractivity contribution in [3.63, 3.8) is 0 Å². The maximum atomic E-state index is 11.3. The molecule has 0 aliphatic carbocycles. The Hall–Kier alpha value is -1.63. The van der Waals surface area contributed by atoms with E-state index < -0.39 is 0 Å². The number of hydrogen-bond acceptors (Lipinski definition) is 4. The van der Waals surface area contributed by atoms with Gasteiger partial charge in [0.05, 0.1) is 29.8 Å². The first-order chi connectivity index (χ1) is 9.28. The fourth-order valence-electron chi connectivity index (χ4n) is 2.61. The van der Waals surface area contributed by atoms with Crippen LogP contribution < -0.4 is 16.3 Å². The smallest absolute Gasteiger partial charge is 0.323 e. The third-order valence-electron chi connectivity index (χ3n) is 3.54. The predicted octanol–water partition coefficient (Wildman–Crippen LogP) is 0.105. The molecule has 1 aliphatic rings. The quantitative estimate of drug-likeness (QED) is 0.632. The van der Waals surface area contributed by atoms with Crippen molar-refractivity contribution in [2.24, 2.45) is 0 Å². The number of fused-ring (bicyclic) bond motifs is 1. The number of morpholine rings is 1. The van der Waals surface area contributed by atoms with Crippen molar-refractivity contribution in [1.82, 2.24) is 20.6 Å². The standard InChI is InChI=1S/C13H18N4O2/c1-14-12(11-7-15-4-5-19-11)8-2-3-9-10(6-8)17-13(18)16-9/h2-3,6,11-12,14-15H,4-5,7H2,1H3,(H2,16,17,18). The summed E-state index contributed by atoms with van der Waals surface area (Å²) in [6.07, 6.45) is 0.0989. The monoisotopic (exact) mass is 262 g/mol. The molecule has 0 radical (unpaired) electrons. The number of nitrogens with one attached hydrogen (secondary N) is 4. The van der Waals surface area contributed by atoms with Crippen LogP contribution in [0.15, 0.2) is 23.0 Å². The van der Waals surface area contributed by atoms with Crippen LogP contribution in [-0.2, 0) is 4.74 Å². The molecule has 2 unspecified atom stereocenters. The topological polar surface area (TPSA) is 81.9 Å². The molecule has 1 saturated heterocycles. The lowest BCUT2D eigenvalue weighted by Gasteiger charge is -2.31. The fraction of sp³-hybridized carbons (Fsp3) is 0.462. The Morgan fingerprint density at radius 2 is 2.21 bits per heavy atom. The molecule has 19 heavy (non-hydrogen) atoms. The van der Waals surface area contributed by atoms with E-state index in [4.69, 9.17) is 4.74 Å². The average molecular weight is 262 g/mol. The van der Waals surface area contributed by atoms with Gasteiger partial charge in [0.15, 0.2) is 0 Å². The van der Waals surface area contributed by atoms with E-state index in [0.717, 1.165) is 36.3 Å². The molecule has 2 atom stereocenters. The first-order valence-electron chi connectivity index (χ1n) is 6.49. The van der Waals surface area contributed by atoms with Gasteiger partial charge in [-0.2, -0.15) is 0 Å². The fourth-order valence-corrected chi connectivity index (χ4v) is 2.61. The lowest BCUT2D eigenvalue weighted by atomic mass is 10.00. The van der Waals surface area contributed by atoms with Gasteiger partial charge in [-0.15, -0.1) is 0 Å². The van der Waals surface area contributed by atoms with Crippen molar-refractivity contribution in [3.05, 3.63) is 34.2 Å². The molecule has 6 nitrogen and oxygen atoms in total. The number of rotatable bonds is 3. The van der Waals surface area contributed by atoms with Gasteiger partial charge in [-0.05, 0) is 24.7 Å². The highest BCUT2D eigenvalue weighted by molar-refractivity contribution is 5.75. The molecule has 0 saturated carbocycles. The summed E-state index contributed by atoms with van der Waals surface area (Å²) >= 11 is 0. The van der Waals surface area contributed by atoms with Crippen molar-refractivity contribution in [1.29, 1.82) is 0 Å². The Kier molecular flexibility index (Phi) is 3.37. The maximum Gasteiger partial charge on any atom is 0.323 e. The first-order valence-corrected chi connectivity index (χ1v) is 6.49. The second-order valence-electron chi connectivity index (χ2n) is 4.76. The molecule has 0 amide bonds. The summed E-state index contributed by atoms with van der Waals surface area (Å²) in [7, 11) is 1.92. The van der Waals surface area contributed by atoms with E-state index in [1.165, 1.54) is 0 Å². The number of imidazole rings is 1. The third-order valence-corrected chi connectivity index (χ3v) is 3.54. The van der Waals surface area contributed by atoms with E-state index in [0.29, 0.717) is 0 Å². The molecule has 2 aromatic rings. The second-order valence-corrected chi connectivity index (χ2v) is 4.76. The van der Waals surface area contributed by atoms with Crippen LogP contribution >= 0.6 is 0 Å². The lowest BCUT2D eigenvalue weighted by molar-refractivity contribution is 0.00540. The number of benzene rings is 1. The van der Waals surface area contributed by atoms with Gasteiger partial charge in [0.25, 0.3) is 0 Å². The molecule has 0 bridgehead atoms. The van der Waals surface area contributed by atoms with Crippen LogP contribution in [0.5, 0.6) is 0 Å². The molecule has 1 aliphatic heterocycles. The van der Waals surface area contributed by atoms with Crippen LogP contribution in [-0.4, -0.2) is 42.8 Å². The summed E-state index contributed by atoms with van der Waals surface area (Å²) in [5.74, 6) is 0. The molecule has 6 heteroatoms. The minimum Gasteiger partial charge on any atom is -0.374 e. The number of aromatic amines is 2. The number of ether oxygens (including phenoxy) is 1. The highest BCUT2D eigenvalue weighted by Gasteiger charge is 2.24. The molecule has 1 aromatic carbocycles. The molecule has 102 valence electrons. The van der Waals surface area contributed by atoms with Gasteiger partial charge in [-0.25, -0.2) is 4.79 Å². The van der Waals surface area contributed by atoms with Crippen molar-refractivity contribution < 1.29 is 4.74 Å². The zero-order valence-electron chi connectivity index (χ0n) is 10.8. The SMILES string of the molecule is CNC(c1ccc2[nH]c(=O)[nH]c2c1)C1CNCCO1. The predicted molar refractivity (Wildman–Crippen MR) is 73.3 cm³/mol. The molecule has 0 spiro atoms. The Bertz CT molecular complexity index is 612. The number of H-pyrrole nitrogens is 2. The maximum absolute atomic E-state index is 11.3. The van der Waals surface area contributed by atoms with Crippen LogP contribution in [0, 0.1) is 0 Å². The van der Waals surface area contributed by atoms with E-state index in [2.05, 4.69) is 20.6 Å². The van der Waals surface area contributed by atoms with Gasteiger partial charge in [-0.1, -0.05) is 6.07 Å². The molecule has 4 N–H and O–H groups in total. The van der Waals surface area contributed by atoms with Crippen LogP contribution in [0.1, 0.15) is 11.6 Å². The Balaban J connectivity index is 1.93. The lowest BCUT2D eigenvalue weighted by Crippen LogP contribution is -2.45. The van der Waals surface area contributed by atoms with Gasteiger partial charge in [0, 0.05) is 13.1 Å². The van der Waals surface area contributed by atoms with E-state index in [1.807, 2.05) is 25.2 Å². The Morgan fingerprint density at radius 3 is 2.95 bits per heavy atom. The molecule has 3 rings (SSSR count).